The number of nitrogens with one attached hydrogen (secondary N) is 1. The number of hydrogen-bond acceptors (Lipinski definition) is 5. The van der Waals surface area contributed by atoms with Crippen molar-refractivity contribution in [2.24, 2.45) is 5.92 Å². The van der Waals surface area contributed by atoms with E-state index < -0.39 is 0 Å². The Hall–Kier alpha value is -0.980. The average Bonchev–Trinajstić information content (AvgIpc) is 2.91. The summed E-state index contributed by atoms with van der Waals surface area (Å²) in [7, 11) is 0. The first kappa shape index (κ1) is 14.4. The van der Waals surface area contributed by atoms with E-state index in [-0.39, 0.29) is 6.61 Å². The van der Waals surface area contributed by atoms with Crippen molar-refractivity contribution in [2.75, 3.05) is 19.8 Å². The summed E-state index contributed by atoms with van der Waals surface area (Å²) in [6.07, 6.45) is 4.93. The van der Waals surface area contributed by atoms with Crippen molar-refractivity contribution in [1.29, 1.82) is 0 Å². The molecule has 2 heterocycles. The Kier molecular flexibility index (Phi) is 5.75. The molecule has 0 radical (unpaired) electrons. The van der Waals surface area contributed by atoms with Crippen LogP contribution >= 0.6 is 0 Å². The lowest BCUT2D eigenvalue weighted by atomic mass is 9.93. The van der Waals surface area contributed by atoms with Crippen molar-refractivity contribution in [3.63, 3.8) is 0 Å². The Labute approximate surface area is 114 Å². The van der Waals surface area contributed by atoms with Crippen LogP contribution in [-0.4, -0.2) is 46.0 Å². The van der Waals surface area contributed by atoms with E-state index in [4.69, 9.17) is 9.84 Å². The lowest BCUT2D eigenvalue weighted by Gasteiger charge is -2.28. The van der Waals surface area contributed by atoms with E-state index in [1.807, 2.05) is 6.20 Å². The Balaban J connectivity index is 1.73. The van der Waals surface area contributed by atoms with Gasteiger partial charge in [0.1, 0.15) is 0 Å². The third-order valence-electron chi connectivity index (χ3n) is 3.71. The summed E-state index contributed by atoms with van der Waals surface area (Å²) in [5, 5.41) is 20.5. The second-order valence-electron chi connectivity index (χ2n) is 5.17. The average molecular weight is 268 g/mol. The quantitative estimate of drug-likeness (QED) is 0.756. The Morgan fingerprint density at radius 3 is 3.05 bits per heavy atom. The van der Waals surface area contributed by atoms with E-state index in [1.165, 1.54) is 0 Å². The molecule has 1 saturated heterocycles. The highest BCUT2D eigenvalue weighted by atomic mass is 16.5. The van der Waals surface area contributed by atoms with Gasteiger partial charge in [0.25, 0.3) is 0 Å². The van der Waals surface area contributed by atoms with E-state index in [9.17, 15) is 0 Å². The number of aryl methyl sites for hydroxylation is 1. The summed E-state index contributed by atoms with van der Waals surface area (Å²) < 4.78 is 7.16. The summed E-state index contributed by atoms with van der Waals surface area (Å²) in [6, 6.07) is 0.478. The smallest absolute Gasteiger partial charge is 0.0964 e. The molecule has 0 saturated carbocycles. The fourth-order valence-electron chi connectivity index (χ4n) is 2.41. The second-order valence-corrected chi connectivity index (χ2v) is 5.17. The molecule has 2 N–H and O–H groups in total. The maximum atomic E-state index is 8.77. The zero-order valence-electron chi connectivity index (χ0n) is 11.6. The lowest BCUT2D eigenvalue weighted by Crippen LogP contribution is -2.36. The first-order valence-electron chi connectivity index (χ1n) is 7.10. The zero-order valence-corrected chi connectivity index (χ0v) is 11.6. The summed E-state index contributed by atoms with van der Waals surface area (Å²) in [5.74, 6) is 0.693. The second kappa shape index (κ2) is 7.57. The minimum atomic E-state index is 0.189. The molecule has 1 atom stereocenters. The van der Waals surface area contributed by atoms with Gasteiger partial charge in [0.05, 0.1) is 5.69 Å². The molecule has 0 aromatic carbocycles. The predicted octanol–water partition coefficient (Wildman–Crippen LogP) is 0.565. The summed E-state index contributed by atoms with van der Waals surface area (Å²) >= 11 is 0. The number of rotatable bonds is 7. The zero-order chi connectivity index (χ0) is 13.5. The van der Waals surface area contributed by atoms with Crippen LogP contribution in [0.15, 0.2) is 6.20 Å². The van der Waals surface area contributed by atoms with E-state index in [0.717, 1.165) is 44.8 Å². The topological polar surface area (TPSA) is 72.2 Å². The predicted molar refractivity (Wildman–Crippen MR) is 71.6 cm³/mol. The van der Waals surface area contributed by atoms with Crippen LogP contribution in [0.25, 0.3) is 0 Å². The molecular weight excluding hydrogens is 244 g/mol. The van der Waals surface area contributed by atoms with Gasteiger partial charge in [0, 0.05) is 45.1 Å². The van der Waals surface area contributed by atoms with Gasteiger partial charge in [0.2, 0.25) is 0 Å². The third kappa shape index (κ3) is 4.56. The molecule has 1 fully saturated rings. The van der Waals surface area contributed by atoms with Crippen LogP contribution in [-0.2, 0) is 17.8 Å². The standard InChI is InChI=1S/C13H24N4O2/c1-11(12-3-7-19-8-4-12)14-9-13-10-17(16-15-13)5-2-6-18/h10-12,14,18H,2-9H2,1H3. The number of aliphatic hydroxyl groups excluding tert-OH is 1. The molecule has 1 aromatic rings. The van der Waals surface area contributed by atoms with Gasteiger partial charge in [-0.15, -0.1) is 5.10 Å². The van der Waals surface area contributed by atoms with Crippen molar-refractivity contribution < 1.29 is 9.84 Å². The van der Waals surface area contributed by atoms with Gasteiger partial charge in [-0.1, -0.05) is 5.21 Å². The van der Waals surface area contributed by atoms with Crippen LogP contribution < -0.4 is 5.32 Å². The van der Waals surface area contributed by atoms with Crippen LogP contribution in [0.4, 0.5) is 0 Å². The molecular formula is C13H24N4O2. The van der Waals surface area contributed by atoms with Crippen LogP contribution in [0.1, 0.15) is 31.9 Å². The van der Waals surface area contributed by atoms with E-state index in [1.54, 1.807) is 4.68 Å². The van der Waals surface area contributed by atoms with Gasteiger partial charge in [-0.2, -0.15) is 0 Å². The number of hydrogen-bond donors (Lipinski definition) is 2. The van der Waals surface area contributed by atoms with Gasteiger partial charge >= 0.3 is 0 Å². The highest BCUT2D eigenvalue weighted by molar-refractivity contribution is 4.92. The van der Waals surface area contributed by atoms with E-state index in [2.05, 4.69) is 22.6 Å². The minimum absolute atomic E-state index is 0.189. The molecule has 6 nitrogen and oxygen atoms in total. The van der Waals surface area contributed by atoms with Crippen molar-refractivity contribution in [1.82, 2.24) is 20.3 Å². The summed E-state index contributed by atoms with van der Waals surface area (Å²) in [4.78, 5) is 0. The first-order valence-corrected chi connectivity index (χ1v) is 7.10. The number of nitrogens with zero attached hydrogens (tertiary/aromatic N) is 3. The van der Waals surface area contributed by atoms with Gasteiger partial charge < -0.3 is 15.2 Å². The van der Waals surface area contributed by atoms with E-state index >= 15 is 0 Å². The molecule has 0 spiro atoms. The maximum absolute atomic E-state index is 8.77. The molecule has 19 heavy (non-hydrogen) atoms. The number of aromatic nitrogens is 3. The summed E-state index contributed by atoms with van der Waals surface area (Å²) in [6.45, 7) is 5.65. The lowest BCUT2D eigenvalue weighted by molar-refractivity contribution is 0.0557. The SMILES string of the molecule is CC(NCc1cn(CCCO)nn1)C1CCOCC1. The largest absolute Gasteiger partial charge is 0.396 e. The van der Waals surface area contributed by atoms with Crippen LogP contribution in [0, 0.1) is 5.92 Å². The maximum Gasteiger partial charge on any atom is 0.0964 e. The Morgan fingerprint density at radius 2 is 2.32 bits per heavy atom. The molecule has 1 aromatic heterocycles. The molecule has 0 aliphatic carbocycles. The van der Waals surface area contributed by atoms with Crippen molar-refractivity contribution in [3.05, 3.63) is 11.9 Å². The van der Waals surface area contributed by atoms with Gasteiger partial charge in [-0.05, 0) is 32.1 Å². The molecule has 1 aliphatic heterocycles. The highest BCUT2D eigenvalue weighted by Gasteiger charge is 2.20. The van der Waals surface area contributed by atoms with Crippen molar-refractivity contribution in [3.8, 4) is 0 Å². The van der Waals surface area contributed by atoms with Gasteiger partial charge in [-0.25, -0.2) is 0 Å². The van der Waals surface area contributed by atoms with Crippen LogP contribution in [0.2, 0.25) is 0 Å². The number of ether oxygens (including phenoxy) is 1. The highest BCUT2D eigenvalue weighted by Crippen LogP contribution is 2.18. The molecule has 0 bridgehead atoms. The molecule has 0 amide bonds. The van der Waals surface area contributed by atoms with Gasteiger partial charge in [-0.3, -0.25) is 4.68 Å². The fourth-order valence-corrected chi connectivity index (χ4v) is 2.41. The monoisotopic (exact) mass is 268 g/mol. The Bertz CT molecular complexity index is 363. The molecule has 1 aliphatic rings. The Morgan fingerprint density at radius 1 is 1.53 bits per heavy atom. The molecule has 108 valence electrons. The number of aliphatic hydroxyl groups is 1. The summed E-state index contributed by atoms with van der Waals surface area (Å²) in [5.41, 5.74) is 0.955. The van der Waals surface area contributed by atoms with Crippen molar-refractivity contribution >= 4 is 0 Å². The van der Waals surface area contributed by atoms with Crippen LogP contribution in [0.5, 0.6) is 0 Å². The normalized spacial score (nSPS) is 18.6. The molecule has 2 rings (SSSR count). The first-order chi connectivity index (χ1) is 9.29. The van der Waals surface area contributed by atoms with Crippen LogP contribution in [0.3, 0.4) is 0 Å². The molecule has 6 heteroatoms. The molecule has 1 unspecified atom stereocenters. The van der Waals surface area contributed by atoms with Crippen molar-refractivity contribution in [2.45, 2.75) is 45.3 Å². The third-order valence-corrected chi connectivity index (χ3v) is 3.71. The van der Waals surface area contributed by atoms with Gasteiger partial charge in [0.15, 0.2) is 0 Å². The minimum Gasteiger partial charge on any atom is -0.396 e. The van der Waals surface area contributed by atoms with E-state index in [0.29, 0.717) is 18.4 Å². The fraction of sp³-hybridized carbons (Fsp3) is 0.846.